The number of phenols is 1. The number of imide groups is 2. The number of hydrogen-bond acceptors (Lipinski definition) is 10. The van der Waals surface area contributed by atoms with Crippen molar-refractivity contribution in [2.75, 3.05) is 5.32 Å². The molecule has 13 nitrogen and oxygen atoms in total. The number of fused-ring (bicyclic) bond motifs is 6. The molecule has 4 fully saturated rings. The molecule has 6 aliphatic rings. The van der Waals surface area contributed by atoms with Crippen LogP contribution in [0.15, 0.2) is 60.8 Å². The summed E-state index contributed by atoms with van der Waals surface area (Å²) in [6, 6.07) is 12.5. The summed E-state index contributed by atoms with van der Waals surface area (Å²) in [5, 5.41) is 21.2. The maximum atomic E-state index is 14.5. The summed E-state index contributed by atoms with van der Waals surface area (Å²) in [5.74, 6) is -3.08. The van der Waals surface area contributed by atoms with Gasteiger partial charge in [0.2, 0.25) is 17.7 Å². The van der Waals surface area contributed by atoms with Gasteiger partial charge in [0.15, 0.2) is 11.5 Å². The van der Waals surface area contributed by atoms with E-state index in [1.807, 2.05) is 13.0 Å². The van der Waals surface area contributed by atoms with Crippen molar-refractivity contribution in [2.24, 2.45) is 5.41 Å². The van der Waals surface area contributed by atoms with Gasteiger partial charge in [-0.1, -0.05) is 18.2 Å². The van der Waals surface area contributed by atoms with E-state index in [4.69, 9.17) is 4.74 Å². The Kier molecular flexibility index (Phi) is 7.68. The molecule has 3 saturated carbocycles. The third kappa shape index (κ3) is 5.54. The average molecular weight is 752 g/mol. The zero-order chi connectivity index (χ0) is 38.4. The number of halogens is 2. The number of pyridine rings is 1. The van der Waals surface area contributed by atoms with Gasteiger partial charge in [0.1, 0.15) is 17.3 Å². The number of aryl methyl sites for hydroxylation is 1. The van der Waals surface area contributed by atoms with Crippen LogP contribution in [0.5, 0.6) is 17.2 Å². The fourth-order valence-electron chi connectivity index (χ4n) is 9.04. The number of rotatable bonds is 7. The number of phenolic OH excluding ortho intramolecular Hbond substituents is 1. The van der Waals surface area contributed by atoms with E-state index in [2.05, 4.69) is 25.7 Å². The van der Waals surface area contributed by atoms with Crippen molar-refractivity contribution >= 4 is 46.1 Å². The Labute approximate surface area is 312 Å². The minimum atomic E-state index is -3.84. The molecule has 4 heterocycles. The molecule has 10 rings (SSSR count). The molecule has 3 aromatic carbocycles. The molecule has 4 aromatic rings. The number of amides is 5. The van der Waals surface area contributed by atoms with E-state index >= 15 is 0 Å². The fourth-order valence-corrected chi connectivity index (χ4v) is 9.04. The van der Waals surface area contributed by atoms with Crippen LogP contribution in [-0.2, 0) is 14.4 Å². The maximum Gasteiger partial charge on any atom is 0.586 e. The van der Waals surface area contributed by atoms with Crippen molar-refractivity contribution in [3.8, 4) is 17.2 Å². The summed E-state index contributed by atoms with van der Waals surface area (Å²) in [6.07, 6.45) is 0.938. The lowest BCUT2D eigenvalue weighted by Crippen LogP contribution is -2.56. The number of nitrogens with one attached hydrogen (secondary N) is 3. The normalized spacial score (nSPS) is 25.5. The number of aromatic nitrogens is 1. The summed E-state index contributed by atoms with van der Waals surface area (Å²) in [5.41, 5.74) is 1.41. The van der Waals surface area contributed by atoms with Crippen molar-refractivity contribution in [1.29, 1.82) is 0 Å². The summed E-state index contributed by atoms with van der Waals surface area (Å²) >= 11 is 0. The summed E-state index contributed by atoms with van der Waals surface area (Å²) in [7, 11) is 0. The molecular weight excluding hydrogens is 716 g/mol. The number of nitrogens with zero attached hydrogens (tertiary/aromatic N) is 2. The zero-order valence-electron chi connectivity index (χ0n) is 29.5. The predicted molar refractivity (Wildman–Crippen MR) is 190 cm³/mol. The van der Waals surface area contributed by atoms with Crippen LogP contribution in [0.4, 0.5) is 14.5 Å². The van der Waals surface area contributed by atoms with Gasteiger partial charge in [-0.05, 0) is 99.4 Å². The molecule has 2 unspecified atom stereocenters. The minimum Gasteiger partial charge on any atom is -0.505 e. The molecule has 55 heavy (non-hydrogen) atoms. The number of ether oxygens (including phenoxy) is 2. The number of carbonyl (C=O) groups excluding carboxylic acids is 5. The van der Waals surface area contributed by atoms with Gasteiger partial charge in [-0.25, -0.2) is 0 Å². The van der Waals surface area contributed by atoms with Crippen LogP contribution in [0.25, 0.3) is 10.9 Å². The van der Waals surface area contributed by atoms with E-state index < -0.39 is 53.0 Å². The van der Waals surface area contributed by atoms with Crippen molar-refractivity contribution < 1.29 is 47.3 Å². The average Bonchev–Trinajstić information content (AvgIpc) is 3.63. The van der Waals surface area contributed by atoms with Crippen LogP contribution in [0.3, 0.4) is 0 Å². The van der Waals surface area contributed by atoms with E-state index in [9.17, 15) is 37.9 Å². The van der Waals surface area contributed by atoms with Gasteiger partial charge < -0.3 is 25.2 Å². The molecule has 1 saturated heterocycles. The van der Waals surface area contributed by atoms with Gasteiger partial charge >= 0.3 is 6.29 Å². The van der Waals surface area contributed by atoms with E-state index in [0.29, 0.717) is 60.9 Å². The van der Waals surface area contributed by atoms with Gasteiger partial charge in [0.05, 0.1) is 17.2 Å². The molecule has 0 spiro atoms. The molecule has 4 N–H and O–H groups in total. The number of anilines is 1. The van der Waals surface area contributed by atoms with Crippen LogP contribution in [0, 0.1) is 12.3 Å². The third-order valence-corrected chi connectivity index (χ3v) is 12.0. The first kappa shape index (κ1) is 34.6. The maximum absolute atomic E-state index is 14.5. The second-order valence-electron chi connectivity index (χ2n) is 15.2. The van der Waals surface area contributed by atoms with E-state index in [-0.39, 0.29) is 47.1 Å². The largest absolute Gasteiger partial charge is 0.586 e. The lowest BCUT2D eigenvalue weighted by molar-refractivity contribution is -0.286. The zero-order valence-corrected chi connectivity index (χ0v) is 29.5. The molecule has 3 aliphatic heterocycles. The molecule has 1 aromatic heterocycles. The highest BCUT2D eigenvalue weighted by Gasteiger charge is 2.54. The predicted octanol–water partition coefficient (Wildman–Crippen LogP) is 5.38. The number of benzene rings is 3. The van der Waals surface area contributed by atoms with E-state index in [1.165, 1.54) is 12.1 Å². The Morgan fingerprint density at radius 1 is 0.964 bits per heavy atom. The summed E-state index contributed by atoms with van der Waals surface area (Å²) in [4.78, 5) is 71.4. The lowest BCUT2D eigenvalue weighted by atomic mass is 9.56. The van der Waals surface area contributed by atoms with Crippen molar-refractivity contribution in [3.63, 3.8) is 0 Å². The highest BCUT2D eigenvalue weighted by atomic mass is 19.3. The van der Waals surface area contributed by atoms with Crippen LogP contribution < -0.4 is 25.4 Å². The van der Waals surface area contributed by atoms with Crippen LogP contribution in [-0.4, -0.2) is 62.4 Å². The molecule has 15 heteroatoms. The summed E-state index contributed by atoms with van der Waals surface area (Å²) in [6.45, 7) is 1.86. The fraction of sp³-hybridized carbons (Fsp3) is 0.350. The first-order valence-electron chi connectivity index (χ1n) is 18.2. The molecule has 282 valence electrons. The summed E-state index contributed by atoms with van der Waals surface area (Å²) < 4.78 is 37.3. The third-order valence-electron chi connectivity index (χ3n) is 12.0. The SMILES string of the molecule is Cc1cc(C(NC(=O)C23CCC(Nc4cccc5c4C(=O)N(C4CCC(=O)NC4=O)C5=O)(CC2)CC3)c2ccc3c(c2)OC(F)(F)O3)c(O)c2ncccc12. The Morgan fingerprint density at radius 2 is 1.71 bits per heavy atom. The minimum absolute atomic E-state index is 0.0178. The van der Waals surface area contributed by atoms with Crippen molar-refractivity contribution in [2.45, 2.75) is 82.2 Å². The smallest absolute Gasteiger partial charge is 0.505 e. The topological polar surface area (TPSA) is 176 Å². The lowest BCUT2D eigenvalue weighted by Gasteiger charge is -2.53. The Hall–Kier alpha value is -6.12. The highest BCUT2D eigenvalue weighted by Crippen LogP contribution is 2.55. The second kappa shape index (κ2) is 12.2. The Balaban J connectivity index is 0.974. The molecule has 5 amide bonds. The number of aromatic hydroxyl groups is 1. The van der Waals surface area contributed by atoms with E-state index in [1.54, 1.807) is 42.6 Å². The Bertz CT molecular complexity index is 2360. The standard InChI is InChI=1S/C40H35F2N5O8/c1-20-18-24(33(49)32-22(20)5-3-17-43-32)31(21-7-9-27-28(19-21)55-40(41,42)54-27)45-37(53)38-11-14-39(15-12-38,16-13-38)46-25-6-2-4-23-30(25)36(52)47(35(23)51)26-8-10-29(48)44-34(26)50/h2-7,9,17-19,26,31,46,49H,8,10-16H2,1H3,(H,45,53)(H,44,48,50). The van der Waals surface area contributed by atoms with Gasteiger partial charge in [0, 0.05) is 40.2 Å². The van der Waals surface area contributed by atoms with Gasteiger partial charge in [0.25, 0.3) is 11.8 Å². The second-order valence-corrected chi connectivity index (χ2v) is 15.2. The molecular formula is C40H35F2N5O8. The van der Waals surface area contributed by atoms with Gasteiger partial charge in [-0.3, -0.25) is 39.2 Å². The van der Waals surface area contributed by atoms with Crippen molar-refractivity contribution in [3.05, 3.63) is 88.6 Å². The van der Waals surface area contributed by atoms with Gasteiger partial charge in [-0.15, -0.1) is 8.78 Å². The van der Waals surface area contributed by atoms with Gasteiger partial charge in [-0.2, -0.15) is 0 Å². The highest BCUT2D eigenvalue weighted by molar-refractivity contribution is 6.25. The van der Waals surface area contributed by atoms with Crippen LogP contribution >= 0.6 is 0 Å². The number of carbonyl (C=O) groups is 5. The first-order chi connectivity index (χ1) is 26.3. The number of hydrogen-bond donors (Lipinski definition) is 4. The quantitative estimate of drug-likeness (QED) is 0.179. The number of alkyl halides is 2. The van der Waals surface area contributed by atoms with E-state index in [0.717, 1.165) is 15.8 Å². The monoisotopic (exact) mass is 751 g/mol. The first-order valence-corrected chi connectivity index (χ1v) is 18.2. The molecule has 2 bridgehead atoms. The molecule has 0 radical (unpaired) electrons. The number of piperidine rings is 1. The van der Waals surface area contributed by atoms with Crippen LogP contribution in [0.2, 0.25) is 0 Å². The molecule has 2 atom stereocenters. The van der Waals surface area contributed by atoms with Crippen LogP contribution in [0.1, 0.15) is 94.8 Å². The van der Waals surface area contributed by atoms with Crippen molar-refractivity contribution in [1.82, 2.24) is 20.5 Å². The Morgan fingerprint density at radius 3 is 2.45 bits per heavy atom. The molecule has 3 aliphatic carbocycles.